The number of nitrogens with one attached hydrogen (secondary N) is 3. The normalized spacial score (nSPS) is 16.4. The first-order valence-corrected chi connectivity index (χ1v) is 26.1. The zero-order valence-electron chi connectivity index (χ0n) is 42.0. The van der Waals surface area contributed by atoms with Crippen LogP contribution in [-0.4, -0.2) is 80.5 Å². The Bertz CT molecular complexity index is 2390. The summed E-state index contributed by atoms with van der Waals surface area (Å²) < 4.78 is 15.5. The van der Waals surface area contributed by atoms with E-state index in [0.29, 0.717) is 58.7 Å². The lowest BCUT2D eigenvalue weighted by Gasteiger charge is -2.30. The minimum atomic E-state index is -0.825. The Kier molecular flexibility index (Phi) is 21.3. The third-order valence-electron chi connectivity index (χ3n) is 14.9. The van der Waals surface area contributed by atoms with Gasteiger partial charge in [-0.05, 0) is 120 Å². The van der Waals surface area contributed by atoms with Gasteiger partial charge in [0.05, 0.1) is 19.3 Å². The van der Waals surface area contributed by atoms with Crippen LogP contribution in [0.3, 0.4) is 0 Å². The second-order valence-electron chi connectivity index (χ2n) is 20.1. The molecule has 1 aliphatic heterocycles. The number of amides is 3. The number of ether oxygens (including phenoxy) is 3. The fraction of sp³-hybridized carbons (Fsp3) is 0.483. The number of rotatable bonds is 19. The summed E-state index contributed by atoms with van der Waals surface area (Å²) in [5, 5.41) is 17.7. The number of unbranched alkanes of at least 4 members (excludes halogenated alkanes) is 4. The molecule has 1 spiro atoms. The summed E-state index contributed by atoms with van der Waals surface area (Å²) >= 11 is 0. The molecule has 4 aromatic rings. The molecule has 392 valence electrons. The predicted molar refractivity (Wildman–Crippen MR) is 282 cm³/mol. The molecule has 5 aliphatic rings. The van der Waals surface area contributed by atoms with Crippen LogP contribution in [0.2, 0.25) is 0 Å². The number of hydrogen-bond donors (Lipinski definition) is 5. The van der Waals surface area contributed by atoms with E-state index in [0.717, 1.165) is 89.9 Å². The number of hydrogen-bond acceptors (Lipinski definition) is 10. The smallest absolute Gasteiger partial charge is 0.407 e. The Morgan fingerprint density at radius 2 is 0.932 bits per heavy atom. The second kappa shape index (κ2) is 27.7. The van der Waals surface area contributed by atoms with Gasteiger partial charge in [-0.2, -0.15) is 0 Å². The summed E-state index contributed by atoms with van der Waals surface area (Å²) in [7, 11) is 0. The summed E-state index contributed by atoms with van der Waals surface area (Å²) in [6, 6.07) is 33.2. The molecular weight excluding hydrogens is 948 g/mol. The second-order valence-corrected chi connectivity index (χ2v) is 20.1. The zero-order chi connectivity index (χ0) is 50.8. The molecule has 1 heterocycles. The van der Waals surface area contributed by atoms with Gasteiger partial charge in [0, 0.05) is 37.9 Å². The number of benzene rings is 4. The van der Waals surface area contributed by atoms with Gasteiger partial charge in [-0.25, -0.2) is 9.59 Å². The number of carboxylic acid groups (broad SMARTS) is 1. The van der Waals surface area contributed by atoms with Crippen LogP contribution in [0.15, 0.2) is 97.1 Å². The van der Waals surface area contributed by atoms with Crippen molar-refractivity contribution < 1.29 is 48.1 Å². The van der Waals surface area contributed by atoms with Gasteiger partial charge in [-0.15, -0.1) is 12.4 Å². The standard InChI is InChI=1S/C29H36N2O5.C20H24N2O2.C9H12O3.ClH/c32-26(18-29(19-27(33)34)14-6-7-15-29)30-16-8-1-9-17-31-28(35)36-20-25-23-12-4-2-10-21(23)22-11-3-5-13-24(22)25;21-12-6-1-7-13-22-20(23)24-14-19-17-10-4-2-8-15(17)16-9-3-5-11-18(16)19;10-7-5-9(3-1-2-4-9)6-8(11)12-7;/h2-5,10-13,25H,1,6-9,14-20H2,(H,30,32)(H,31,35)(H,33,34);2-5,8-11,19H,1,6-7,12-14,21H2,(H,22,23);1-6H2;1H. The number of nitrogens with two attached hydrogens (primary N) is 1. The highest BCUT2D eigenvalue weighted by Crippen LogP contribution is 2.48. The minimum Gasteiger partial charge on any atom is -0.481 e. The fourth-order valence-corrected chi connectivity index (χ4v) is 11.4. The van der Waals surface area contributed by atoms with Crippen molar-refractivity contribution in [2.45, 2.75) is 127 Å². The van der Waals surface area contributed by atoms with E-state index in [-0.39, 0.29) is 65.4 Å². The quantitative estimate of drug-likeness (QED) is 0.0258. The molecule has 0 aromatic heterocycles. The molecule has 73 heavy (non-hydrogen) atoms. The lowest BCUT2D eigenvalue weighted by molar-refractivity contribution is -0.169. The first-order valence-electron chi connectivity index (χ1n) is 26.1. The van der Waals surface area contributed by atoms with Crippen LogP contribution in [-0.2, 0) is 33.4 Å². The third kappa shape index (κ3) is 15.6. The SMILES string of the molecule is Cl.NCCCCCNC(=O)OCC1c2ccccc2-c2ccccc21.O=C(O)CC1(CC(=O)NCCCCCNC(=O)OCC2c3ccccc3-c3ccccc32)CCCC1.O=C1CC2(CCCC2)CC(=O)O1. The van der Waals surface area contributed by atoms with Crippen molar-refractivity contribution >= 4 is 48.4 Å². The average Bonchev–Trinajstić information content (AvgIpc) is 4.16. The Morgan fingerprint density at radius 1 is 0.548 bits per heavy atom. The van der Waals surface area contributed by atoms with Crippen LogP contribution in [0.5, 0.6) is 0 Å². The third-order valence-corrected chi connectivity index (χ3v) is 14.9. The Labute approximate surface area is 435 Å². The molecule has 14 nitrogen and oxygen atoms in total. The van der Waals surface area contributed by atoms with Gasteiger partial charge in [-0.3, -0.25) is 19.2 Å². The van der Waals surface area contributed by atoms with Crippen LogP contribution in [0.25, 0.3) is 22.3 Å². The van der Waals surface area contributed by atoms with Crippen molar-refractivity contribution in [2.75, 3.05) is 39.4 Å². The Morgan fingerprint density at radius 3 is 1.34 bits per heavy atom. The topological polar surface area (TPSA) is 212 Å². The number of halogens is 1. The number of cyclic esters (lactones) is 2. The molecule has 0 unspecified atom stereocenters. The molecule has 4 aromatic carbocycles. The highest BCUT2D eigenvalue weighted by molar-refractivity contribution is 5.89. The maximum atomic E-state index is 12.3. The van der Waals surface area contributed by atoms with Gasteiger partial charge < -0.3 is 41.0 Å². The number of carboxylic acids is 1. The van der Waals surface area contributed by atoms with E-state index in [9.17, 15) is 33.9 Å². The van der Waals surface area contributed by atoms with E-state index in [2.05, 4.69) is 69.2 Å². The molecular formula is C58H73ClN4O10. The number of carbonyl (C=O) groups excluding carboxylic acids is 5. The monoisotopic (exact) mass is 1020 g/mol. The van der Waals surface area contributed by atoms with Crippen LogP contribution in [0, 0.1) is 10.8 Å². The Balaban J connectivity index is 0.000000200. The number of esters is 2. The lowest BCUT2D eigenvalue weighted by Crippen LogP contribution is -2.33. The van der Waals surface area contributed by atoms with E-state index in [1.54, 1.807) is 0 Å². The first-order chi connectivity index (χ1) is 35.0. The fourth-order valence-electron chi connectivity index (χ4n) is 11.4. The van der Waals surface area contributed by atoms with Gasteiger partial charge in [0.25, 0.3) is 0 Å². The van der Waals surface area contributed by atoms with Gasteiger partial charge in [0.2, 0.25) is 5.91 Å². The molecule has 0 radical (unpaired) electrons. The molecule has 4 aliphatic carbocycles. The molecule has 0 atom stereocenters. The summed E-state index contributed by atoms with van der Waals surface area (Å²) in [5.41, 5.74) is 14.8. The number of carbonyl (C=O) groups is 6. The molecule has 15 heteroatoms. The van der Waals surface area contributed by atoms with E-state index in [1.807, 2.05) is 48.5 Å². The summed E-state index contributed by atoms with van der Waals surface area (Å²) in [6.45, 7) is 3.08. The van der Waals surface area contributed by atoms with Gasteiger partial charge in [-0.1, -0.05) is 129 Å². The first kappa shape index (κ1) is 56.1. The molecule has 1 saturated heterocycles. The van der Waals surface area contributed by atoms with Crippen molar-refractivity contribution in [1.82, 2.24) is 16.0 Å². The van der Waals surface area contributed by atoms with E-state index >= 15 is 0 Å². The highest BCUT2D eigenvalue weighted by Gasteiger charge is 2.43. The molecule has 9 rings (SSSR count). The van der Waals surface area contributed by atoms with Gasteiger partial charge >= 0.3 is 30.1 Å². The Hall–Kier alpha value is -6.25. The predicted octanol–water partition coefficient (Wildman–Crippen LogP) is 10.7. The van der Waals surface area contributed by atoms with Crippen LogP contribution in [0.1, 0.15) is 150 Å². The van der Waals surface area contributed by atoms with Crippen molar-refractivity contribution in [3.8, 4) is 22.3 Å². The summed E-state index contributed by atoms with van der Waals surface area (Å²) in [5.74, 6) is -1.38. The largest absolute Gasteiger partial charge is 0.481 e. The van der Waals surface area contributed by atoms with Crippen LogP contribution in [0.4, 0.5) is 9.59 Å². The lowest BCUT2D eigenvalue weighted by atomic mass is 9.78. The van der Waals surface area contributed by atoms with E-state index in [4.69, 9.17) is 15.2 Å². The van der Waals surface area contributed by atoms with Crippen LogP contribution >= 0.6 is 12.4 Å². The highest BCUT2D eigenvalue weighted by atomic mass is 35.5. The minimum absolute atomic E-state index is 0. The maximum Gasteiger partial charge on any atom is 0.407 e. The van der Waals surface area contributed by atoms with Gasteiger partial charge in [0.1, 0.15) is 13.2 Å². The summed E-state index contributed by atoms with van der Waals surface area (Å²) in [4.78, 5) is 69.6. The average molecular weight is 1020 g/mol. The number of aliphatic carboxylic acids is 1. The van der Waals surface area contributed by atoms with Crippen LogP contribution < -0.4 is 21.7 Å². The zero-order valence-corrected chi connectivity index (χ0v) is 42.8. The molecule has 3 amide bonds. The molecule has 6 N–H and O–H groups in total. The van der Waals surface area contributed by atoms with E-state index in [1.165, 1.54) is 44.5 Å². The van der Waals surface area contributed by atoms with Crippen molar-refractivity contribution in [3.63, 3.8) is 0 Å². The molecule has 3 fully saturated rings. The summed E-state index contributed by atoms with van der Waals surface area (Å²) in [6.07, 6.45) is 13.9. The van der Waals surface area contributed by atoms with Gasteiger partial charge in [0.15, 0.2) is 0 Å². The molecule has 0 bridgehead atoms. The van der Waals surface area contributed by atoms with E-state index < -0.39 is 12.1 Å². The van der Waals surface area contributed by atoms with Crippen molar-refractivity contribution in [1.29, 1.82) is 0 Å². The van der Waals surface area contributed by atoms with Crippen molar-refractivity contribution in [3.05, 3.63) is 119 Å². The molecule has 2 saturated carbocycles. The van der Waals surface area contributed by atoms with Crippen molar-refractivity contribution in [2.24, 2.45) is 16.6 Å². The number of fused-ring (bicyclic) bond motifs is 6. The maximum absolute atomic E-state index is 12.3. The number of alkyl carbamates (subject to hydrolysis) is 2.